The first kappa shape index (κ1) is 22.4. The van der Waals surface area contributed by atoms with Crippen molar-refractivity contribution >= 4 is 32.4 Å². The molecular weight excluding hydrogens is 446 g/mol. The molecule has 0 aliphatic carbocycles. The van der Waals surface area contributed by atoms with Crippen LogP contribution in [0, 0.1) is 6.92 Å². The van der Waals surface area contributed by atoms with Crippen LogP contribution in [0.5, 0.6) is 5.75 Å². The van der Waals surface area contributed by atoms with E-state index < -0.39 is 16.1 Å². The minimum atomic E-state index is -3.77. The largest absolute Gasteiger partial charge is 0.497 e. The molecule has 1 atom stereocenters. The average molecular weight is 472 g/mol. The summed E-state index contributed by atoms with van der Waals surface area (Å²) in [6.45, 7) is 2.23. The van der Waals surface area contributed by atoms with Gasteiger partial charge in [-0.3, -0.25) is 4.79 Å². The molecule has 0 unspecified atom stereocenters. The van der Waals surface area contributed by atoms with Gasteiger partial charge in [0.05, 0.1) is 17.7 Å². The summed E-state index contributed by atoms with van der Waals surface area (Å²) in [5.74, 6) is 0.403. The zero-order valence-corrected chi connectivity index (χ0v) is 19.6. The van der Waals surface area contributed by atoms with Gasteiger partial charge in [0.1, 0.15) is 11.8 Å². The van der Waals surface area contributed by atoms with Gasteiger partial charge in [0, 0.05) is 17.5 Å². The van der Waals surface area contributed by atoms with Crippen LogP contribution in [0.2, 0.25) is 0 Å². The zero-order chi connectivity index (χ0) is 22.7. The highest BCUT2D eigenvalue weighted by Crippen LogP contribution is 2.29. The molecule has 1 aliphatic heterocycles. The summed E-state index contributed by atoms with van der Waals surface area (Å²) in [5.41, 5.74) is 2.62. The molecule has 3 aromatic rings. The summed E-state index contributed by atoms with van der Waals surface area (Å²) in [7, 11) is -2.16. The number of nitrogens with zero attached hydrogens (tertiary/aromatic N) is 2. The number of methoxy groups -OCH3 is 1. The Balaban J connectivity index is 1.51. The van der Waals surface area contributed by atoms with Crippen LogP contribution >= 0.6 is 11.3 Å². The van der Waals surface area contributed by atoms with E-state index in [2.05, 4.69) is 10.3 Å². The van der Waals surface area contributed by atoms with Crippen molar-refractivity contribution in [1.82, 2.24) is 9.29 Å². The highest BCUT2D eigenvalue weighted by molar-refractivity contribution is 7.89. The third-order valence-electron chi connectivity index (χ3n) is 5.50. The first-order chi connectivity index (χ1) is 15.4. The van der Waals surface area contributed by atoms with E-state index in [1.807, 2.05) is 36.6 Å². The number of sulfonamides is 1. The molecule has 0 spiro atoms. The van der Waals surface area contributed by atoms with Crippen LogP contribution in [-0.4, -0.2) is 43.3 Å². The molecule has 1 aromatic heterocycles. The second-order valence-electron chi connectivity index (χ2n) is 7.70. The Kier molecular flexibility index (Phi) is 6.59. The number of piperidine rings is 1. The van der Waals surface area contributed by atoms with Crippen molar-refractivity contribution in [2.75, 3.05) is 19.0 Å². The Morgan fingerprint density at radius 1 is 1.12 bits per heavy atom. The molecule has 2 heterocycles. The molecular formula is C23H25N3O4S2. The molecule has 0 radical (unpaired) electrons. The Bertz CT molecular complexity index is 1190. The summed E-state index contributed by atoms with van der Waals surface area (Å²) in [6, 6.07) is 13.5. The number of amides is 1. The maximum absolute atomic E-state index is 13.2. The Morgan fingerprint density at radius 3 is 2.53 bits per heavy atom. The first-order valence-corrected chi connectivity index (χ1v) is 12.7. The maximum Gasteiger partial charge on any atom is 0.244 e. The van der Waals surface area contributed by atoms with E-state index in [1.165, 1.54) is 15.6 Å². The van der Waals surface area contributed by atoms with E-state index in [9.17, 15) is 13.2 Å². The van der Waals surface area contributed by atoms with Crippen LogP contribution in [0.4, 0.5) is 5.13 Å². The molecule has 1 fully saturated rings. The van der Waals surface area contributed by atoms with Crippen molar-refractivity contribution < 1.29 is 17.9 Å². The summed E-state index contributed by atoms with van der Waals surface area (Å²) in [6.07, 6.45) is 2.01. The lowest BCUT2D eigenvalue weighted by Crippen LogP contribution is -2.49. The van der Waals surface area contributed by atoms with E-state index >= 15 is 0 Å². The van der Waals surface area contributed by atoms with Crippen molar-refractivity contribution in [2.45, 2.75) is 37.1 Å². The van der Waals surface area contributed by atoms with E-state index in [-0.39, 0.29) is 10.8 Å². The molecule has 1 N–H and O–H groups in total. The predicted octanol–water partition coefficient (Wildman–Crippen LogP) is 4.31. The predicted molar refractivity (Wildman–Crippen MR) is 125 cm³/mol. The monoisotopic (exact) mass is 471 g/mol. The van der Waals surface area contributed by atoms with Crippen molar-refractivity contribution in [1.29, 1.82) is 0 Å². The van der Waals surface area contributed by atoms with Crippen LogP contribution in [0.15, 0.2) is 58.8 Å². The quantitative estimate of drug-likeness (QED) is 0.579. The number of hydrogen-bond acceptors (Lipinski definition) is 6. The SMILES string of the molecule is COc1ccc(-c2csc(NC(=O)[C@H]3CCCCN3S(=O)(=O)c3ccc(C)cc3)n2)cc1. The highest BCUT2D eigenvalue weighted by atomic mass is 32.2. The summed E-state index contributed by atoms with van der Waals surface area (Å²) < 4.78 is 33.0. The van der Waals surface area contributed by atoms with Crippen LogP contribution in [0.3, 0.4) is 0 Å². The minimum Gasteiger partial charge on any atom is -0.497 e. The van der Waals surface area contributed by atoms with Gasteiger partial charge in [-0.05, 0) is 56.2 Å². The topological polar surface area (TPSA) is 88.6 Å². The summed E-state index contributed by atoms with van der Waals surface area (Å²) >= 11 is 1.31. The molecule has 0 saturated carbocycles. The first-order valence-electron chi connectivity index (χ1n) is 10.4. The van der Waals surface area contributed by atoms with Crippen molar-refractivity contribution in [3.8, 4) is 17.0 Å². The molecule has 2 aromatic carbocycles. The molecule has 32 heavy (non-hydrogen) atoms. The second kappa shape index (κ2) is 9.40. The molecule has 1 aliphatic rings. The smallest absolute Gasteiger partial charge is 0.244 e. The molecule has 4 rings (SSSR count). The number of thiazole rings is 1. The summed E-state index contributed by atoms with van der Waals surface area (Å²) in [4.78, 5) is 17.8. The van der Waals surface area contributed by atoms with E-state index in [0.29, 0.717) is 18.1 Å². The molecule has 7 nitrogen and oxygen atoms in total. The third-order valence-corrected chi connectivity index (χ3v) is 8.18. The Hall–Kier alpha value is -2.75. The van der Waals surface area contributed by atoms with Gasteiger partial charge in [0.15, 0.2) is 5.13 Å². The van der Waals surface area contributed by atoms with Gasteiger partial charge in [-0.15, -0.1) is 11.3 Å². The fourth-order valence-corrected chi connectivity index (χ4v) is 6.09. The number of rotatable bonds is 6. The number of benzene rings is 2. The van der Waals surface area contributed by atoms with Gasteiger partial charge in [0.25, 0.3) is 0 Å². The Labute approximate surface area is 192 Å². The van der Waals surface area contributed by atoms with Gasteiger partial charge < -0.3 is 10.1 Å². The number of carbonyl (C=O) groups is 1. The standard InChI is InChI=1S/C23H25N3O4S2/c1-16-6-12-19(13-7-16)32(28,29)26-14-4-3-5-21(26)22(27)25-23-24-20(15-31-23)17-8-10-18(30-2)11-9-17/h6-13,15,21H,3-5,14H2,1-2H3,(H,24,25,27)/t21-/m1/s1. The number of ether oxygens (including phenoxy) is 1. The van der Waals surface area contributed by atoms with Crippen LogP contribution in [-0.2, 0) is 14.8 Å². The molecule has 168 valence electrons. The van der Waals surface area contributed by atoms with Gasteiger partial charge in [-0.1, -0.05) is 24.1 Å². The minimum absolute atomic E-state index is 0.207. The molecule has 0 bridgehead atoms. The number of aryl methyl sites for hydroxylation is 1. The fraction of sp³-hybridized carbons (Fsp3) is 0.304. The normalized spacial score (nSPS) is 17.1. The molecule has 1 amide bonds. The lowest BCUT2D eigenvalue weighted by Gasteiger charge is -2.33. The molecule has 9 heteroatoms. The average Bonchev–Trinajstić information content (AvgIpc) is 3.28. The number of aromatic nitrogens is 1. The lowest BCUT2D eigenvalue weighted by atomic mass is 10.0. The van der Waals surface area contributed by atoms with Crippen molar-refractivity contribution in [3.05, 3.63) is 59.5 Å². The van der Waals surface area contributed by atoms with Gasteiger partial charge in [-0.2, -0.15) is 4.31 Å². The van der Waals surface area contributed by atoms with Crippen molar-refractivity contribution in [2.24, 2.45) is 0 Å². The second-order valence-corrected chi connectivity index (χ2v) is 10.4. The van der Waals surface area contributed by atoms with Gasteiger partial charge in [-0.25, -0.2) is 13.4 Å². The van der Waals surface area contributed by atoms with Gasteiger partial charge >= 0.3 is 0 Å². The van der Waals surface area contributed by atoms with E-state index in [4.69, 9.17) is 4.74 Å². The van der Waals surface area contributed by atoms with Crippen LogP contribution in [0.1, 0.15) is 24.8 Å². The van der Waals surface area contributed by atoms with Crippen molar-refractivity contribution in [3.63, 3.8) is 0 Å². The van der Waals surface area contributed by atoms with Gasteiger partial charge in [0.2, 0.25) is 15.9 Å². The van der Waals surface area contributed by atoms with Crippen LogP contribution < -0.4 is 10.1 Å². The maximum atomic E-state index is 13.2. The fourth-order valence-electron chi connectivity index (χ4n) is 3.71. The third kappa shape index (κ3) is 4.69. The lowest BCUT2D eigenvalue weighted by molar-refractivity contribution is -0.120. The van der Waals surface area contributed by atoms with E-state index in [1.54, 1.807) is 31.4 Å². The summed E-state index contributed by atoms with van der Waals surface area (Å²) in [5, 5.41) is 5.13. The van der Waals surface area contributed by atoms with E-state index in [0.717, 1.165) is 35.4 Å². The number of anilines is 1. The number of carbonyl (C=O) groups excluding carboxylic acids is 1. The number of nitrogens with one attached hydrogen (secondary N) is 1. The Morgan fingerprint density at radius 2 is 1.84 bits per heavy atom. The zero-order valence-electron chi connectivity index (χ0n) is 17.9. The molecule has 1 saturated heterocycles. The number of hydrogen-bond donors (Lipinski definition) is 1. The highest BCUT2D eigenvalue weighted by Gasteiger charge is 2.37. The van der Waals surface area contributed by atoms with Crippen LogP contribution in [0.25, 0.3) is 11.3 Å².